The van der Waals surface area contributed by atoms with Gasteiger partial charge in [-0.15, -0.1) is 0 Å². The van der Waals surface area contributed by atoms with E-state index in [0.717, 1.165) is 18.4 Å². The quantitative estimate of drug-likeness (QED) is 0.156. The number of aryl methyl sites for hydroxylation is 1. The lowest BCUT2D eigenvalue weighted by atomic mass is 10.1. The van der Waals surface area contributed by atoms with Gasteiger partial charge in [-0.05, 0) is 51.0 Å². The van der Waals surface area contributed by atoms with Crippen LogP contribution in [0.2, 0.25) is 0 Å². The Labute approximate surface area is 157 Å². The lowest BCUT2D eigenvalue weighted by Crippen LogP contribution is -2.23. The Kier molecular flexibility index (Phi) is 10.4. The highest BCUT2D eigenvalue weighted by Crippen LogP contribution is 2.21. The van der Waals surface area contributed by atoms with Gasteiger partial charge in [0.1, 0.15) is 5.75 Å². The zero-order chi connectivity index (χ0) is 19.4. The number of unbranched alkanes of at least 4 members (excludes halogenated alkanes) is 5. The highest BCUT2D eigenvalue weighted by Gasteiger charge is 2.15. The van der Waals surface area contributed by atoms with Gasteiger partial charge in [0, 0.05) is 18.1 Å². The second kappa shape index (κ2) is 12.3. The molecule has 1 unspecified atom stereocenters. The first-order valence-electron chi connectivity index (χ1n) is 9.59. The number of allylic oxidation sites excluding steroid dienone is 1. The zero-order valence-corrected chi connectivity index (χ0v) is 16.5. The number of Topliss-reactive ketones (excluding diaryl/α,β-unsaturated/α-hetero) is 1. The fourth-order valence-corrected chi connectivity index (χ4v) is 2.79. The summed E-state index contributed by atoms with van der Waals surface area (Å²) >= 11 is 0. The van der Waals surface area contributed by atoms with Gasteiger partial charge >= 0.3 is 5.97 Å². The molecule has 0 aromatic heterocycles. The Morgan fingerprint density at radius 2 is 1.81 bits per heavy atom. The molecule has 0 aliphatic carbocycles. The van der Waals surface area contributed by atoms with Crippen molar-refractivity contribution in [3.8, 4) is 5.75 Å². The van der Waals surface area contributed by atoms with Crippen LogP contribution >= 0.6 is 0 Å². The van der Waals surface area contributed by atoms with E-state index in [1.54, 1.807) is 32.1 Å². The fraction of sp³-hybridized carbons (Fsp3) is 0.545. The van der Waals surface area contributed by atoms with E-state index in [0.29, 0.717) is 17.7 Å². The SMILES string of the molecule is CC=CC(=O)OC(CCCCCCCC)Oc1ccc(C(C)=O)c(C)c1. The van der Waals surface area contributed by atoms with Crippen molar-refractivity contribution in [3.63, 3.8) is 0 Å². The molecule has 0 N–H and O–H groups in total. The van der Waals surface area contributed by atoms with Crippen LogP contribution in [0.15, 0.2) is 30.4 Å². The number of hydrogen-bond donors (Lipinski definition) is 0. The van der Waals surface area contributed by atoms with Crippen molar-refractivity contribution >= 4 is 11.8 Å². The summed E-state index contributed by atoms with van der Waals surface area (Å²) < 4.78 is 11.3. The number of hydrogen-bond acceptors (Lipinski definition) is 4. The van der Waals surface area contributed by atoms with E-state index >= 15 is 0 Å². The molecule has 1 aromatic rings. The highest BCUT2D eigenvalue weighted by atomic mass is 16.7. The van der Waals surface area contributed by atoms with Gasteiger partial charge in [0.2, 0.25) is 6.29 Å². The molecule has 0 fully saturated rings. The Hall–Kier alpha value is -2.10. The van der Waals surface area contributed by atoms with E-state index in [1.165, 1.54) is 31.8 Å². The average Bonchev–Trinajstić information content (AvgIpc) is 2.57. The van der Waals surface area contributed by atoms with Crippen molar-refractivity contribution in [2.75, 3.05) is 0 Å². The predicted octanol–water partition coefficient (Wildman–Crippen LogP) is 5.77. The molecular weight excluding hydrogens is 328 g/mol. The lowest BCUT2D eigenvalue weighted by Gasteiger charge is -2.19. The lowest BCUT2D eigenvalue weighted by molar-refractivity contribution is -0.158. The second-order valence-corrected chi connectivity index (χ2v) is 6.57. The summed E-state index contributed by atoms with van der Waals surface area (Å²) in [4.78, 5) is 23.3. The van der Waals surface area contributed by atoms with Crippen LogP contribution in [0.25, 0.3) is 0 Å². The molecule has 1 aromatic carbocycles. The van der Waals surface area contributed by atoms with Crippen LogP contribution in [0.1, 0.15) is 81.6 Å². The molecule has 0 aliphatic heterocycles. The third kappa shape index (κ3) is 8.32. The van der Waals surface area contributed by atoms with Gasteiger partial charge in [-0.2, -0.15) is 0 Å². The summed E-state index contributed by atoms with van der Waals surface area (Å²) in [5, 5.41) is 0. The highest BCUT2D eigenvalue weighted by molar-refractivity contribution is 5.95. The summed E-state index contributed by atoms with van der Waals surface area (Å²) in [6.45, 7) is 7.39. The number of rotatable bonds is 12. The molecule has 0 radical (unpaired) electrons. The largest absolute Gasteiger partial charge is 0.455 e. The first-order valence-corrected chi connectivity index (χ1v) is 9.59. The van der Waals surface area contributed by atoms with Crippen LogP contribution in [-0.2, 0) is 9.53 Å². The van der Waals surface area contributed by atoms with Crippen molar-refractivity contribution in [2.24, 2.45) is 0 Å². The van der Waals surface area contributed by atoms with Gasteiger partial charge in [-0.25, -0.2) is 4.79 Å². The molecule has 0 saturated heterocycles. The van der Waals surface area contributed by atoms with Crippen LogP contribution in [0.3, 0.4) is 0 Å². The van der Waals surface area contributed by atoms with E-state index in [2.05, 4.69) is 6.92 Å². The number of benzene rings is 1. The molecule has 1 rings (SSSR count). The third-order valence-corrected chi connectivity index (χ3v) is 4.19. The van der Waals surface area contributed by atoms with Crippen LogP contribution < -0.4 is 4.74 Å². The van der Waals surface area contributed by atoms with E-state index in [-0.39, 0.29) is 5.78 Å². The van der Waals surface area contributed by atoms with E-state index in [9.17, 15) is 9.59 Å². The third-order valence-electron chi connectivity index (χ3n) is 4.19. The second-order valence-electron chi connectivity index (χ2n) is 6.57. The topological polar surface area (TPSA) is 52.6 Å². The molecule has 0 spiro atoms. The maximum absolute atomic E-state index is 11.8. The monoisotopic (exact) mass is 360 g/mol. The van der Waals surface area contributed by atoms with E-state index in [4.69, 9.17) is 9.47 Å². The maximum Gasteiger partial charge on any atom is 0.333 e. The molecule has 0 aliphatic rings. The van der Waals surface area contributed by atoms with Crippen molar-refractivity contribution in [1.29, 1.82) is 0 Å². The van der Waals surface area contributed by atoms with Crippen molar-refractivity contribution in [1.82, 2.24) is 0 Å². The minimum Gasteiger partial charge on any atom is -0.455 e. The van der Waals surface area contributed by atoms with Crippen molar-refractivity contribution < 1.29 is 19.1 Å². The molecular formula is C22H32O4. The first-order chi connectivity index (χ1) is 12.5. The van der Waals surface area contributed by atoms with Crippen molar-refractivity contribution in [3.05, 3.63) is 41.5 Å². The Balaban J connectivity index is 2.67. The van der Waals surface area contributed by atoms with Crippen molar-refractivity contribution in [2.45, 2.75) is 78.9 Å². The molecule has 0 amide bonds. The molecule has 0 heterocycles. The normalized spacial score (nSPS) is 12.2. The number of ketones is 1. The molecule has 4 nitrogen and oxygen atoms in total. The van der Waals surface area contributed by atoms with Gasteiger partial charge < -0.3 is 9.47 Å². The average molecular weight is 360 g/mol. The van der Waals surface area contributed by atoms with Crippen LogP contribution in [0.5, 0.6) is 5.75 Å². The van der Waals surface area contributed by atoms with Gasteiger partial charge in [0.05, 0.1) is 0 Å². The van der Waals surface area contributed by atoms with Gasteiger partial charge in [-0.1, -0.05) is 45.1 Å². The minimum atomic E-state index is -0.618. The summed E-state index contributed by atoms with van der Waals surface area (Å²) in [6, 6.07) is 5.32. The molecule has 144 valence electrons. The first kappa shape index (κ1) is 21.9. The molecule has 0 saturated carbocycles. The van der Waals surface area contributed by atoms with E-state index in [1.807, 2.05) is 13.0 Å². The number of carbonyl (C=O) groups excluding carboxylic acids is 2. The van der Waals surface area contributed by atoms with Gasteiger partial charge in [0.15, 0.2) is 5.78 Å². The predicted molar refractivity (Wildman–Crippen MR) is 104 cm³/mol. The molecule has 1 atom stereocenters. The summed E-state index contributed by atoms with van der Waals surface area (Å²) in [5.41, 5.74) is 1.53. The number of esters is 1. The zero-order valence-electron chi connectivity index (χ0n) is 16.5. The molecule has 26 heavy (non-hydrogen) atoms. The van der Waals surface area contributed by atoms with E-state index < -0.39 is 12.3 Å². The number of ether oxygens (including phenoxy) is 2. The fourth-order valence-electron chi connectivity index (χ4n) is 2.79. The Morgan fingerprint density at radius 1 is 1.12 bits per heavy atom. The van der Waals surface area contributed by atoms with Crippen LogP contribution in [0.4, 0.5) is 0 Å². The molecule has 0 bridgehead atoms. The Bertz CT molecular complexity index is 604. The molecule has 4 heteroatoms. The summed E-state index contributed by atoms with van der Waals surface area (Å²) in [5.74, 6) is 0.231. The standard InChI is InChI=1S/C22H32O4/c1-5-7-8-9-10-11-13-22(26-21(24)12-6-2)25-19-14-15-20(18(4)23)17(3)16-19/h6,12,14-16,22H,5,7-11,13H2,1-4H3. The van der Waals surface area contributed by atoms with Gasteiger partial charge in [-0.3, -0.25) is 4.79 Å². The summed E-state index contributed by atoms with van der Waals surface area (Å²) in [7, 11) is 0. The van der Waals surface area contributed by atoms with Crippen LogP contribution in [-0.4, -0.2) is 18.0 Å². The minimum absolute atomic E-state index is 0.0252. The van der Waals surface area contributed by atoms with Gasteiger partial charge in [0.25, 0.3) is 0 Å². The Morgan fingerprint density at radius 3 is 2.42 bits per heavy atom. The maximum atomic E-state index is 11.8. The summed E-state index contributed by atoms with van der Waals surface area (Å²) in [6.07, 6.45) is 10.0. The smallest absolute Gasteiger partial charge is 0.333 e. The number of carbonyl (C=O) groups is 2. The van der Waals surface area contributed by atoms with Crippen LogP contribution in [0, 0.1) is 6.92 Å².